The number of para-hydroxylation sites is 2. The standard InChI is InChI=1S/C50H59N5O5/c51-45-18-8-9-19-46(45)53-49(58)21-7-2-1-6-20-48(57)52-33-39-14-10-15-41(30-39)42-16-11-17-43(31-42)50-59-44(32-47(60-50)40-24-22-38(36-56)23-25-40)35-55-28-26-54(27-29-55)34-37-12-4-3-5-13-37/h3-5,8-19,22-25,30-31,44,47,50,56H,1-2,6-7,20-21,26-29,32-36,51H2,(H,52,57)(H,53,58)/t44-,47+,50+/m0/s1. The van der Waals surface area contributed by atoms with Crippen LogP contribution in [0.4, 0.5) is 11.4 Å². The Morgan fingerprint density at radius 2 is 1.32 bits per heavy atom. The summed E-state index contributed by atoms with van der Waals surface area (Å²) >= 11 is 0. The van der Waals surface area contributed by atoms with E-state index in [4.69, 9.17) is 15.2 Å². The van der Waals surface area contributed by atoms with E-state index in [1.165, 1.54) is 5.56 Å². The van der Waals surface area contributed by atoms with E-state index in [0.29, 0.717) is 30.8 Å². The Morgan fingerprint density at radius 1 is 0.650 bits per heavy atom. The van der Waals surface area contributed by atoms with Gasteiger partial charge in [-0.05, 0) is 70.5 Å². The number of anilines is 2. The van der Waals surface area contributed by atoms with Crippen molar-refractivity contribution in [2.75, 3.05) is 43.8 Å². The number of nitrogens with zero attached hydrogens (tertiary/aromatic N) is 2. The summed E-state index contributed by atoms with van der Waals surface area (Å²) in [4.78, 5) is 30.1. The van der Waals surface area contributed by atoms with Gasteiger partial charge in [0.15, 0.2) is 6.29 Å². The molecule has 0 saturated carbocycles. The van der Waals surface area contributed by atoms with E-state index in [-0.39, 0.29) is 30.6 Å². The van der Waals surface area contributed by atoms with Crippen molar-refractivity contribution < 1.29 is 24.2 Å². The zero-order valence-corrected chi connectivity index (χ0v) is 34.5. The zero-order valence-electron chi connectivity index (χ0n) is 34.5. The number of unbranched alkanes of at least 4 members (excludes halogenated alkanes) is 3. The largest absolute Gasteiger partial charge is 0.397 e. The monoisotopic (exact) mass is 809 g/mol. The van der Waals surface area contributed by atoms with E-state index in [2.05, 4.69) is 99.3 Å². The lowest BCUT2D eigenvalue weighted by atomic mass is 9.98. The number of rotatable bonds is 18. The highest BCUT2D eigenvalue weighted by molar-refractivity contribution is 5.93. The maximum atomic E-state index is 12.7. The molecule has 2 aliphatic heterocycles. The Morgan fingerprint density at radius 3 is 2.07 bits per heavy atom. The first-order valence-corrected chi connectivity index (χ1v) is 21.5. The number of carbonyl (C=O) groups is 2. The van der Waals surface area contributed by atoms with Crippen LogP contribution in [0.15, 0.2) is 127 Å². The fourth-order valence-electron chi connectivity index (χ4n) is 8.06. The third kappa shape index (κ3) is 12.6. The third-order valence-electron chi connectivity index (χ3n) is 11.5. The molecule has 2 fully saturated rings. The first-order chi connectivity index (χ1) is 29.4. The second-order valence-electron chi connectivity index (χ2n) is 16.1. The van der Waals surface area contributed by atoms with Crippen LogP contribution in [0.1, 0.15) is 85.2 Å². The van der Waals surface area contributed by atoms with Crippen molar-refractivity contribution in [1.82, 2.24) is 15.1 Å². The van der Waals surface area contributed by atoms with Crippen molar-refractivity contribution in [2.24, 2.45) is 0 Å². The van der Waals surface area contributed by atoms with Gasteiger partial charge in [0.2, 0.25) is 11.8 Å². The van der Waals surface area contributed by atoms with Gasteiger partial charge in [-0.1, -0.05) is 116 Å². The molecule has 0 aromatic heterocycles. The molecule has 10 heteroatoms. The van der Waals surface area contributed by atoms with Gasteiger partial charge >= 0.3 is 0 Å². The Kier molecular flexibility index (Phi) is 15.5. The molecule has 5 aromatic rings. The normalized spacial score (nSPS) is 18.5. The van der Waals surface area contributed by atoms with E-state index in [1.807, 2.05) is 36.4 Å². The molecule has 314 valence electrons. The molecule has 2 amide bonds. The summed E-state index contributed by atoms with van der Waals surface area (Å²) in [6.45, 7) is 6.30. The highest BCUT2D eigenvalue weighted by Crippen LogP contribution is 2.39. The fraction of sp³-hybridized carbons (Fsp3) is 0.360. The van der Waals surface area contributed by atoms with E-state index < -0.39 is 6.29 Å². The van der Waals surface area contributed by atoms with Crippen LogP contribution in [0.2, 0.25) is 0 Å². The number of aliphatic hydroxyl groups is 1. The van der Waals surface area contributed by atoms with Crippen LogP contribution in [0, 0.1) is 0 Å². The first kappa shape index (κ1) is 42.8. The molecule has 3 atom stereocenters. The molecule has 2 saturated heterocycles. The number of nitrogens with one attached hydrogen (secondary N) is 2. The lowest BCUT2D eigenvalue weighted by Gasteiger charge is -2.41. The molecule has 0 radical (unpaired) electrons. The van der Waals surface area contributed by atoms with Gasteiger partial charge in [0.25, 0.3) is 0 Å². The number of benzene rings is 5. The predicted molar refractivity (Wildman–Crippen MR) is 237 cm³/mol. The number of piperazine rings is 1. The molecule has 7 rings (SSSR count). The van der Waals surface area contributed by atoms with Crippen LogP contribution in [0.3, 0.4) is 0 Å². The summed E-state index contributed by atoms with van der Waals surface area (Å²) < 4.78 is 13.5. The van der Waals surface area contributed by atoms with Crippen molar-refractivity contribution in [3.8, 4) is 11.1 Å². The average molecular weight is 810 g/mol. The minimum atomic E-state index is -0.543. The van der Waals surface area contributed by atoms with Crippen LogP contribution < -0.4 is 16.4 Å². The van der Waals surface area contributed by atoms with Crippen molar-refractivity contribution in [3.05, 3.63) is 155 Å². The minimum absolute atomic E-state index is 0.00767. The highest BCUT2D eigenvalue weighted by Gasteiger charge is 2.34. The van der Waals surface area contributed by atoms with Gasteiger partial charge in [-0.15, -0.1) is 0 Å². The van der Waals surface area contributed by atoms with Crippen LogP contribution >= 0.6 is 0 Å². The van der Waals surface area contributed by atoms with Crippen LogP contribution in [-0.4, -0.2) is 65.5 Å². The van der Waals surface area contributed by atoms with Crippen molar-refractivity contribution >= 4 is 23.2 Å². The number of aliphatic hydroxyl groups excluding tert-OH is 1. The lowest BCUT2D eigenvalue weighted by Crippen LogP contribution is -2.49. The molecule has 10 nitrogen and oxygen atoms in total. The summed E-state index contributed by atoms with van der Waals surface area (Å²) in [5, 5.41) is 15.6. The second kappa shape index (κ2) is 21.8. The zero-order chi connectivity index (χ0) is 41.5. The smallest absolute Gasteiger partial charge is 0.224 e. The molecule has 0 bridgehead atoms. The maximum Gasteiger partial charge on any atom is 0.224 e. The molecular weight excluding hydrogens is 751 g/mol. The van der Waals surface area contributed by atoms with Gasteiger partial charge in [0.05, 0.1) is 30.2 Å². The van der Waals surface area contributed by atoms with Gasteiger partial charge in [-0.25, -0.2) is 0 Å². The molecule has 0 aliphatic carbocycles. The van der Waals surface area contributed by atoms with Crippen molar-refractivity contribution in [2.45, 2.75) is 83.1 Å². The Balaban J connectivity index is 0.909. The van der Waals surface area contributed by atoms with Gasteiger partial charge < -0.3 is 30.9 Å². The predicted octanol–water partition coefficient (Wildman–Crippen LogP) is 8.39. The number of carbonyl (C=O) groups excluding carboxylic acids is 2. The number of ether oxygens (including phenoxy) is 2. The van der Waals surface area contributed by atoms with Crippen LogP contribution in [0.25, 0.3) is 11.1 Å². The lowest BCUT2D eigenvalue weighted by molar-refractivity contribution is -0.253. The Bertz CT molecular complexity index is 2120. The van der Waals surface area contributed by atoms with Crippen molar-refractivity contribution in [1.29, 1.82) is 0 Å². The SMILES string of the molecule is Nc1ccccc1NC(=O)CCCCCCC(=O)NCc1cccc(-c2cccc([C@@H]3O[C@H](CN4CCN(Cc5ccccc5)CC4)C[C@H](c4ccc(CO)cc4)O3)c2)c1. The topological polar surface area (TPSA) is 129 Å². The van der Waals surface area contributed by atoms with Crippen LogP contribution in [0.5, 0.6) is 0 Å². The van der Waals surface area contributed by atoms with Gasteiger partial charge in [0.1, 0.15) is 0 Å². The quantitative estimate of drug-likeness (QED) is 0.0514. The van der Waals surface area contributed by atoms with Gasteiger partial charge in [-0.2, -0.15) is 0 Å². The van der Waals surface area contributed by atoms with Gasteiger partial charge in [-0.3, -0.25) is 19.4 Å². The third-order valence-corrected chi connectivity index (χ3v) is 11.5. The Labute approximate surface area is 354 Å². The molecule has 2 aliphatic rings. The molecule has 60 heavy (non-hydrogen) atoms. The average Bonchev–Trinajstić information content (AvgIpc) is 3.28. The number of nitrogens with two attached hydrogens (primary N) is 1. The minimum Gasteiger partial charge on any atom is -0.397 e. The molecule has 0 unspecified atom stereocenters. The van der Waals surface area contributed by atoms with E-state index in [0.717, 1.165) is 105 Å². The molecule has 2 heterocycles. The van der Waals surface area contributed by atoms with E-state index in [1.54, 1.807) is 12.1 Å². The second-order valence-corrected chi connectivity index (χ2v) is 16.1. The molecule has 5 aromatic carbocycles. The molecular formula is C50H59N5O5. The summed E-state index contributed by atoms with van der Waals surface area (Å²) in [6, 6.07) is 42.7. The number of hydrogen-bond acceptors (Lipinski definition) is 8. The van der Waals surface area contributed by atoms with Crippen molar-refractivity contribution in [3.63, 3.8) is 0 Å². The summed E-state index contributed by atoms with van der Waals surface area (Å²) in [7, 11) is 0. The summed E-state index contributed by atoms with van der Waals surface area (Å²) in [5.41, 5.74) is 14.5. The summed E-state index contributed by atoms with van der Waals surface area (Å²) in [5.74, 6) is -0.0233. The van der Waals surface area contributed by atoms with E-state index >= 15 is 0 Å². The van der Waals surface area contributed by atoms with Crippen LogP contribution in [-0.2, 0) is 38.8 Å². The Hall–Kier alpha value is -5.36. The maximum absolute atomic E-state index is 12.7. The number of amides is 2. The first-order valence-electron chi connectivity index (χ1n) is 21.5. The number of hydrogen-bond donors (Lipinski definition) is 4. The number of nitrogen functional groups attached to an aromatic ring is 1. The molecule has 0 spiro atoms. The molecule has 5 N–H and O–H groups in total. The van der Waals surface area contributed by atoms with E-state index in [9.17, 15) is 14.7 Å². The highest BCUT2D eigenvalue weighted by atomic mass is 16.7. The summed E-state index contributed by atoms with van der Waals surface area (Å²) in [6.07, 6.45) is 4.23. The fourth-order valence-corrected chi connectivity index (χ4v) is 8.06. The van der Waals surface area contributed by atoms with Gasteiger partial charge in [0, 0.05) is 70.6 Å².